The van der Waals surface area contributed by atoms with Gasteiger partial charge in [-0.3, -0.25) is 0 Å². The normalized spacial score (nSPS) is 16.1. The van der Waals surface area contributed by atoms with Crippen molar-refractivity contribution in [2.45, 2.75) is 31.0 Å². The second-order valence-corrected chi connectivity index (χ2v) is 3.00. The van der Waals surface area contributed by atoms with E-state index < -0.39 is 11.7 Å². The second kappa shape index (κ2) is 5.21. The summed E-state index contributed by atoms with van der Waals surface area (Å²) in [5, 5.41) is 0. The lowest BCUT2D eigenvalue weighted by atomic mass is 9.92. The van der Waals surface area contributed by atoms with E-state index in [-0.39, 0.29) is 0 Å². The summed E-state index contributed by atoms with van der Waals surface area (Å²) in [7, 11) is 0. The van der Waals surface area contributed by atoms with Gasteiger partial charge in [0.05, 0.1) is 6.17 Å². The van der Waals surface area contributed by atoms with Crippen molar-refractivity contribution in [3.63, 3.8) is 0 Å². The lowest BCUT2D eigenvalue weighted by molar-refractivity contribution is -0.113. The van der Waals surface area contributed by atoms with Gasteiger partial charge >= 0.3 is 0 Å². The number of carbonyl (C=O) groups excluding carboxylic acids is 1. The molecule has 0 saturated carbocycles. The van der Waals surface area contributed by atoms with Crippen LogP contribution in [-0.2, 0) is 4.79 Å². The summed E-state index contributed by atoms with van der Waals surface area (Å²) in [5.41, 5.74) is 20.5. The van der Waals surface area contributed by atoms with Crippen LogP contribution in [0.3, 0.4) is 0 Å². The average Bonchev–Trinajstić information content (AvgIpc) is 2.04. The largest absolute Gasteiger partial charge is 0.330 e. The number of unbranched alkanes of at least 4 members (excludes halogenated alkanes) is 1. The summed E-state index contributed by atoms with van der Waals surface area (Å²) in [6.45, 7) is 0.592. The van der Waals surface area contributed by atoms with Crippen LogP contribution in [0.15, 0.2) is 0 Å². The van der Waals surface area contributed by atoms with E-state index in [1.54, 1.807) is 0 Å². The molecule has 72 valence electrons. The van der Waals surface area contributed by atoms with Crippen LogP contribution < -0.4 is 22.9 Å². The molecule has 5 heteroatoms. The lowest BCUT2D eigenvalue weighted by Crippen LogP contribution is -2.61. The third kappa shape index (κ3) is 3.27. The minimum atomic E-state index is -1.09. The van der Waals surface area contributed by atoms with Crippen LogP contribution in [0, 0.1) is 0 Å². The Kier molecular flexibility index (Phi) is 5.00. The molecule has 0 saturated heterocycles. The summed E-state index contributed by atoms with van der Waals surface area (Å²) in [5.74, 6) is 0. The van der Waals surface area contributed by atoms with Crippen LogP contribution >= 0.6 is 0 Å². The number of carbonyl (C=O) groups is 1. The van der Waals surface area contributed by atoms with Gasteiger partial charge in [-0.15, -0.1) is 0 Å². The fourth-order valence-electron chi connectivity index (χ4n) is 0.880. The minimum absolute atomic E-state index is 0.491. The molecule has 0 heterocycles. The van der Waals surface area contributed by atoms with Gasteiger partial charge in [0.25, 0.3) is 0 Å². The summed E-state index contributed by atoms with van der Waals surface area (Å²) < 4.78 is 0. The van der Waals surface area contributed by atoms with Crippen LogP contribution in [0.5, 0.6) is 0 Å². The zero-order chi connectivity index (χ0) is 9.61. The van der Waals surface area contributed by atoms with E-state index in [9.17, 15) is 4.79 Å². The number of hydrogen-bond acceptors (Lipinski definition) is 5. The van der Waals surface area contributed by atoms with Crippen LogP contribution in [0.4, 0.5) is 0 Å². The van der Waals surface area contributed by atoms with Crippen molar-refractivity contribution >= 4 is 6.29 Å². The molecule has 0 radical (unpaired) electrons. The molecule has 0 amide bonds. The highest BCUT2D eigenvalue weighted by atomic mass is 16.1. The number of hydrogen-bond donors (Lipinski definition) is 4. The first kappa shape index (κ1) is 11.5. The Morgan fingerprint density at radius 2 is 1.92 bits per heavy atom. The molecule has 0 fully saturated rings. The van der Waals surface area contributed by atoms with Crippen LogP contribution in [0.2, 0.25) is 0 Å². The van der Waals surface area contributed by atoms with E-state index in [2.05, 4.69) is 0 Å². The maximum absolute atomic E-state index is 10.5. The summed E-state index contributed by atoms with van der Waals surface area (Å²) in [6, 6.07) is 0. The van der Waals surface area contributed by atoms with E-state index >= 15 is 0 Å². The molecule has 0 aromatic heterocycles. The van der Waals surface area contributed by atoms with Gasteiger partial charge in [0.1, 0.15) is 11.8 Å². The zero-order valence-electron chi connectivity index (χ0n) is 7.20. The molecule has 0 aromatic rings. The van der Waals surface area contributed by atoms with Crippen molar-refractivity contribution in [2.75, 3.05) is 6.54 Å². The predicted molar refractivity (Wildman–Crippen MR) is 48.1 cm³/mol. The number of aldehydes is 1. The van der Waals surface area contributed by atoms with E-state index in [4.69, 9.17) is 22.9 Å². The van der Waals surface area contributed by atoms with E-state index in [0.717, 1.165) is 12.8 Å². The van der Waals surface area contributed by atoms with Crippen molar-refractivity contribution in [3.05, 3.63) is 0 Å². The Bertz CT molecular complexity index is 139. The van der Waals surface area contributed by atoms with Gasteiger partial charge in [-0.1, -0.05) is 0 Å². The maximum Gasteiger partial charge on any atom is 0.142 e. The van der Waals surface area contributed by atoms with Crippen molar-refractivity contribution in [3.8, 4) is 0 Å². The molecule has 1 atom stereocenters. The number of rotatable bonds is 6. The van der Waals surface area contributed by atoms with Crippen molar-refractivity contribution < 1.29 is 4.79 Å². The molecule has 12 heavy (non-hydrogen) atoms. The summed E-state index contributed by atoms with van der Waals surface area (Å²) in [4.78, 5) is 10.5. The molecule has 0 aliphatic rings. The predicted octanol–water partition coefficient (Wildman–Crippen LogP) is -1.74. The third-order valence-corrected chi connectivity index (χ3v) is 1.90. The smallest absolute Gasteiger partial charge is 0.142 e. The standard InChI is InChI=1S/C7H18N4O/c8-4-2-1-3-7(11,5-12)6(9)10/h5-6H,1-4,8-11H2/t7-/m1/s1. The monoisotopic (exact) mass is 174 g/mol. The highest BCUT2D eigenvalue weighted by molar-refractivity contribution is 5.65. The first-order valence-electron chi connectivity index (χ1n) is 4.03. The van der Waals surface area contributed by atoms with E-state index in [1.807, 2.05) is 0 Å². The summed E-state index contributed by atoms with van der Waals surface area (Å²) >= 11 is 0. The first-order valence-corrected chi connectivity index (χ1v) is 4.03. The summed E-state index contributed by atoms with van der Waals surface area (Å²) in [6.07, 6.45) is 1.92. The molecule has 0 unspecified atom stereocenters. The molecule has 0 spiro atoms. The first-order chi connectivity index (χ1) is 5.56. The third-order valence-electron chi connectivity index (χ3n) is 1.90. The highest BCUT2D eigenvalue weighted by Crippen LogP contribution is 2.09. The van der Waals surface area contributed by atoms with E-state index in [0.29, 0.717) is 19.3 Å². The maximum atomic E-state index is 10.5. The van der Waals surface area contributed by atoms with Crippen molar-refractivity contribution in [1.82, 2.24) is 0 Å². The Balaban J connectivity index is 3.88. The fourth-order valence-corrected chi connectivity index (χ4v) is 0.880. The van der Waals surface area contributed by atoms with Gasteiger partial charge in [-0.05, 0) is 25.8 Å². The topological polar surface area (TPSA) is 121 Å². The zero-order valence-corrected chi connectivity index (χ0v) is 7.20. The Hall–Kier alpha value is -0.490. The quantitative estimate of drug-likeness (QED) is 0.216. The van der Waals surface area contributed by atoms with Gasteiger partial charge in [-0.25, -0.2) is 0 Å². The van der Waals surface area contributed by atoms with Crippen LogP contribution in [-0.4, -0.2) is 24.5 Å². The molecule has 0 aliphatic carbocycles. The highest BCUT2D eigenvalue weighted by Gasteiger charge is 2.28. The van der Waals surface area contributed by atoms with Crippen LogP contribution in [0.1, 0.15) is 19.3 Å². The Labute approximate surface area is 72.4 Å². The molecular formula is C7H18N4O. The van der Waals surface area contributed by atoms with Gasteiger partial charge in [0, 0.05) is 0 Å². The number of nitrogens with two attached hydrogens (primary N) is 4. The van der Waals surface area contributed by atoms with Gasteiger partial charge in [0.2, 0.25) is 0 Å². The van der Waals surface area contributed by atoms with Gasteiger partial charge in [0.15, 0.2) is 0 Å². The molecule has 8 N–H and O–H groups in total. The van der Waals surface area contributed by atoms with Crippen LogP contribution in [0.25, 0.3) is 0 Å². The molecular weight excluding hydrogens is 156 g/mol. The Morgan fingerprint density at radius 3 is 2.25 bits per heavy atom. The van der Waals surface area contributed by atoms with Crippen molar-refractivity contribution in [1.29, 1.82) is 0 Å². The molecule has 0 aromatic carbocycles. The Morgan fingerprint density at radius 1 is 1.33 bits per heavy atom. The average molecular weight is 174 g/mol. The minimum Gasteiger partial charge on any atom is -0.330 e. The fraction of sp³-hybridized carbons (Fsp3) is 0.857. The van der Waals surface area contributed by atoms with Crippen molar-refractivity contribution in [2.24, 2.45) is 22.9 Å². The SMILES string of the molecule is NCCCC[C@@](N)(C=O)C(N)N. The second-order valence-electron chi connectivity index (χ2n) is 3.00. The van der Waals surface area contributed by atoms with Gasteiger partial charge in [-0.2, -0.15) is 0 Å². The molecule has 5 nitrogen and oxygen atoms in total. The molecule has 0 aliphatic heterocycles. The van der Waals surface area contributed by atoms with E-state index in [1.165, 1.54) is 0 Å². The molecule has 0 bridgehead atoms. The molecule has 0 rings (SSSR count). The van der Waals surface area contributed by atoms with Gasteiger partial charge < -0.3 is 27.7 Å². The lowest BCUT2D eigenvalue weighted by Gasteiger charge is -2.26.